The van der Waals surface area contributed by atoms with Crippen molar-refractivity contribution in [3.8, 4) is 17.1 Å². The van der Waals surface area contributed by atoms with Crippen LogP contribution in [0.2, 0.25) is 5.02 Å². The van der Waals surface area contributed by atoms with Gasteiger partial charge in [0.15, 0.2) is 5.65 Å². The Hall–Kier alpha value is -2.89. The summed E-state index contributed by atoms with van der Waals surface area (Å²) in [4.78, 5) is 4.44. The fourth-order valence-electron chi connectivity index (χ4n) is 3.22. The molecule has 29 heavy (non-hydrogen) atoms. The monoisotopic (exact) mass is 407 g/mol. The Morgan fingerprint density at radius 2 is 1.83 bits per heavy atom. The van der Waals surface area contributed by atoms with E-state index in [2.05, 4.69) is 34.3 Å². The van der Waals surface area contributed by atoms with Gasteiger partial charge in [-0.05, 0) is 42.2 Å². The third-order valence-electron chi connectivity index (χ3n) is 4.74. The molecule has 0 saturated carbocycles. The molecule has 148 valence electrons. The van der Waals surface area contributed by atoms with E-state index in [-0.39, 0.29) is 6.61 Å². The SMILES string of the molecule is OCCCc1ccc(-c2cnc3ccc(OCCc4cccc(Cl)c4)nn23)cc1. The largest absolute Gasteiger partial charge is 0.476 e. The molecular formula is C23H22ClN3O2. The lowest BCUT2D eigenvalue weighted by atomic mass is 10.1. The molecule has 0 atom stereocenters. The van der Waals surface area contributed by atoms with Crippen molar-refractivity contribution in [2.24, 2.45) is 0 Å². The molecule has 0 unspecified atom stereocenters. The van der Waals surface area contributed by atoms with E-state index in [1.165, 1.54) is 5.56 Å². The number of aliphatic hydroxyl groups excluding tert-OH is 1. The molecule has 0 spiro atoms. The molecule has 0 radical (unpaired) electrons. The van der Waals surface area contributed by atoms with Gasteiger partial charge >= 0.3 is 0 Å². The summed E-state index contributed by atoms with van der Waals surface area (Å²) in [6, 6.07) is 19.8. The third-order valence-corrected chi connectivity index (χ3v) is 4.98. The summed E-state index contributed by atoms with van der Waals surface area (Å²) in [5, 5.41) is 14.3. The van der Waals surface area contributed by atoms with E-state index >= 15 is 0 Å². The van der Waals surface area contributed by atoms with Crippen LogP contribution in [0.5, 0.6) is 5.88 Å². The van der Waals surface area contributed by atoms with Crippen molar-refractivity contribution in [1.82, 2.24) is 14.6 Å². The number of aliphatic hydroxyl groups is 1. The second-order valence-corrected chi connectivity index (χ2v) is 7.27. The van der Waals surface area contributed by atoms with E-state index in [1.807, 2.05) is 42.6 Å². The first kappa shape index (κ1) is 19.4. The van der Waals surface area contributed by atoms with Crippen molar-refractivity contribution in [2.45, 2.75) is 19.3 Å². The van der Waals surface area contributed by atoms with Gasteiger partial charge in [0.1, 0.15) is 0 Å². The van der Waals surface area contributed by atoms with Crippen molar-refractivity contribution < 1.29 is 9.84 Å². The first-order chi connectivity index (χ1) is 14.2. The maximum absolute atomic E-state index is 8.98. The zero-order valence-electron chi connectivity index (χ0n) is 16.0. The topological polar surface area (TPSA) is 59.7 Å². The quantitative estimate of drug-likeness (QED) is 0.464. The molecule has 4 aromatic rings. The smallest absolute Gasteiger partial charge is 0.231 e. The number of nitrogens with zero attached hydrogens (tertiary/aromatic N) is 3. The van der Waals surface area contributed by atoms with Gasteiger partial charge in [0, 0.05) is 29.7 Å². The summed E-state index contributed by atoms with van der Waals surface area (Å²) in [6.07, 6.45) is 4.21. The van der Waals surface area contributed by atoms with Gasteiger partial charge in [0.05, 0.1) is 18.5 Å². The standard InChI is InChI=1S/C23H22ClN3O2/c24-20-5-1-3-18(15-20)12-14-29-23-11-10-22-25-16-21(27(22)26-23)19-8-6-17(7-9-19)4-2-13-28/h1,3,5-11,15-16,28H,2,4,12-14H2. The zero-order valence-corrected chi connectivity index (χ0v) is 16.7. The lowest BCUT2D eigenvalue weighted by Crippen LogP contribution is -2.05. The summed E-state index contributed by atoms with van der Waals surface area (Å²) in [7, 11) is 0. The highest BCUT2D eigenvalue weighted by molar-refractivity contribution is 6.30. The van der Waals surface area contributed by atoms with Crippen LogP contribution in [0.25, 0.3) is 16.9 Å². The van der Waals surface area contributed by atoms with E-state index in [4.69, 9.17) is 21.4 Å². The van der Waals surface area contributed by atoms with Crippen LogP contribution in [0.3, 0.4) is 0 Å². The Labute approximate surface area is 174 Å². The predicted molar refractivity (Wildman–Crippen MR) is 114 cm³/mol. The van der Waals surface area contributed by atoms with Crippen LogP contribution < -0.4 is 4.74 Å². The molecule has 0 amide bonds. The molecule has 0 aliphatic carbocycles. The summed E-state index contributed by atoms with van der Waals surface area (Å²) in [6.45, 7) is 0.724. The van der Waals surface area contributed by atoms with Gasteiger partial charge in [-0.1, -0.05) is 48.0 Å². The van der Waals surface area contributed by atoms with E-state index in [9.17, 15) is 0 Å². The lowest BCUT2D eigenvalue weighted by molar-refractivity contribution is 0.288. The molecule has 4 rings (SSSR count). The van der Waals surface area contributed by atoms with Gasteiger partial charge in [-0.15, -0.1) is 5.10 Å². The number of hydrogen-bond donors (Lipinski definition) is 1. The van der Waals surface area contributed by atoms with Gasteiger partial charge < -0.3 is 9.84 Å². The maximum Gasteiger partial charge on any atom is 0.231 e. The van der Waals surface area contributed by atoms with Crippen molar-refractivity contribution in [3.63, 3.8) is 0 Å². The number of aryl methyl sites for hydroxylation is 1. The highest BCUT2D eigenvalue weighted by Gasteiger charge is 2.09. The van der Waals surface area contributed by atoms with Gasteiger partial charge in [-0.2, -0.15) is 0 Å². The predicted octanol–water partition coefficient (Wildman–Crippen LogP) is 4.60. The maximum atomic E-state index is 8.98. The highest BCUT2D eigenvalue weighted by Crippen LogP contribution is 2.22. The molecule has 1 N–H and O–H groups in total. The summed E-state index contributed by atoms with van der Waals surface area (Å²) in [5.41, 5.74) is 5.05. The van der Waals surface area contributed by atoms with Crippen molar-refractivity contribution in [1.29, 1.82) is 0 Å². The van der Waals surface area contributed by atoms with E-state index < -0.39 is 0 Å². The van der Waals surface area contributed by atoms with Crippen LogP contribution >= 0.6 is 11.6 Å². The molecule has 2 aromatic carbocycles. The van der Waals surface area contributed by atoms with Crippen molar-refractivity contribution in [3.05, 3.63) is 83.0 Å². The number of hydrogen-bond acceptors (Lipinski definition) is 4. The Balaban J connectivity index is 1.48. The number of rotatable bonds is 8. The first-order valence-electron chi connectivity index (χ1n) is 9.65. The Morgan fingerprint density at radius 1 is 0.966 bits per heavy atom. The first-order valence-corrected chi connectivity index (χ1v) is 10.0. The number of fused-ring (bicyclic) bond motifs is 1. The third kappa shape index (κ3) is 4.75. The number of ether oxygens (including phenoxy) is 1. The molecule has 0 fully saturated rings. The molecule has 2 heterocycles. The average Bonchev–Trinajstić information content (AvgIpc) is 3.16. The van der Waals surface area contributed by atoms with Gasteiger partial charge in [0.25, 0.3) is 0 Å². The fourth-order valence-corrected chi connectivity index (χ4v) is 3.43. The van der Waals surface area contributed by atoms with Gasteiger partial charge in [0.2, 0.25) is 5.88 Å². The molecule has 6 heteroatoms. The van der Waals surface area contributed by atoms with Crippen LogP contribution in [-0.4, -0.2) is 32.9 Å². The Bertz CT molecular complexity index is 1090. The number of benzene rings is 2. The normalized spacial score (nSPS) is 11.1. The van der Waals surface area contributed by atoms with Crippen LogP contribution in [0.1, 0.15) is 17.5 Å². The second kappa shape index (κ2) is 9.07. The molecule has 0 aliphatic rings. The molecule has 0 aliphatic heterocycles. The van der Waals surface area contributed by atoms with Crippen LogP contribution in [0, 0.1) is 0 Å². The Kier molecular flexibility index (Phi) is 6.08. The van der Waals surface area contributed by atoms with Crippen LogP contribution in [-0.2, 0) is 12.8 Å². The molecule has 0 saturated heterocycles. The molecule has 0 bridgehead atoms. The van der Waals surface area contributed by atoms with Crippen molar-refractivity contribution >= 4 is 17.2 Å². The minimum atomic E-state index is 0.207. The summed E-state index contributed by atoms with van der Waals surface area (Å²) >= 11 is 6.03. The number of halogens is 1. The lowest BCUT2D eigenvalue weighted by Gasteiger charge is -2.08. The summed E-state index contributed by atoms with van der Waals surface area (Å²) in [5.74, 6) is 0.554. The Morgan fingerprint density at radius 3 is 2.62 bits per heavy atom. The highest BCUT2D eigenvalue weighted by atomic mass is 35.5. The summed E-state index contributed by atoms with van der Waals surface area (Å²) < 4.78 is 7.66. The number of aromatic nitrogens is 3. The van der Waals surface area contributed by atoms with Crippen LogP contribution in [0.15, 0.2) is 66.9 Å². The van der Waals surface area contributed by atoms with E-state index in [0.29, 0.717) is 12.5 Å². The van der Waals surface area contributed by atoms with Gasteiger partial charge in [-0.25, -0.2) is 9.50 Å². The average molecular weight is 408 g/mol. The molecular weight excluding hydrogens is 386 g/mol. The van der Waals surface area contributed by atoms with Gasteiger partial charge in [-0.3, -0.25) is 0 Å². The van der Waals surface area contributed by atoms with Crippen molar-refractivity contribution in [2.75, 3.05) is 13.2 Å². The van der Waals surface area contributed by atoms with E-state index in [1.54, 1.807) is 4.52 Å². The number of imidazole rings is 1. The zero-order chi connectivity index (χ0) is 20.1. The van der Waals surface area contributed by atoms with E-state index in [0.717, 1.165) is 46.8 Å². The fraction of sp³-hybridized carbons (Fsp3) is 0.217. The minimum Gasteiger partial charge on any atom is -0.476 e. The molecule has 5 nitrogen and oxygen atoms in total. The minimum absolute atomic E-state index is 0.207. The van der Waals surface area contributed by atoms with Crippen LogP contribution in [0.4, 0.5) is 0 Å². The second-order valence-electron chi connectivity index (χ2n) is 6.84. The molecule has 2 aromatic heterocycles.